The summed E-state index contributed by atoms with van der Waals surface area (Å²) in [6.07, 6.45) is 5.60. The monoisotopic (exact) mass is 331 g/mol. The van der Waals surface area contributed by atoms with Gasteiger partial charge in [0.25, 0.3) is 0 Å². The maximum Gasteiger partial charge on any atom is 0.412 e. The van der Waals surface area contributed by atoms with E-state index in [1.54, 1.807) is 24.3 Å². The first-order valence-electron chi connectivity index (χ1n) is 7.85. The Kier molecular flexibility index (Phi) is 8.33. The molecule has 130 valence electrons. The van der Waals surface area contributed by atoms with Crippen molar-refractivity contribution in [3.63, 3.8) is 0 Å². The molecule has 0 aliphatic carbocycles. The van der Waals surface area contributed by atoms with Gasteiger partial charge in [0.05, 0.1) is 12.7 Å². The summed E-state index contributed by atoms with van der Waals surface area (Å²) in [6, 6.07) is 6.18. The molecule has 1 rings (SSSR count). The highest BCUT2D eigenvalue weighted by Crippen LogP contribution is 2.13. The fourth-order valence-corrected chi connectivity index (χ4v) is 1.92. The van der Waals surface area contributed by atoms with Crippen LogP contribution in [0, 0.1) is 0 Å². The normalized spacial score (nSPS) is 10.8. The van der Waals surface area contributed by atoms with E-state index >= 15 is 0 Å². The molecule has 0 heterocycles. The number of hydrogen-bond acceptors (Lipinski definition) is 4. The molecule has 0 aromatic heterocycles. The van der Waals surface area contributed by atoms with Gasteiger partial charge < -0.3 is 14.8 Å². The number of esters is 1. The summed E-state index contributed by atoms with van der Waals surface area (Å²) in [5, 5.41) is 2.67. The highest BCUT2D eigenvalue weighted by Gasteiger charge is 2.07. The molecule has 0 fully saturated rings. The molecular weight excluding hydrogens is 306 g/mol. The van der Waals surface area contributed by atoms with E-state index in [9.17, 15) is 9.59 Å². The van der Waals surface area contributed by atoms with Crippen LogP contribution in [0.5, 0.6) is 5.75 Å². The maximum absolute atomic E-state index is 11.7. The highest BCUT2D eigenvalue weighted by atomic mass is 16.6. The molecule has 0 unspecified atom stereocenters. The number of benzene rings is 1. The Morgan fingerprint density at radius 3 is 2.33 bits per heavy atom. The molecule has 1 N–H and O–H groups in total. The number of ether oxygens (including phenoxy) is 2. The topological polar surface area (TPSA) is 64.6 Å². The number of carbonyl (C=O) groups excluding carboxylic acids is 2. The van der Waals surface area contributed by atoms with Crippen molar-refractivity contribution in [1.82, 2.24) is 5.32 Å². The average molecular weight is 331 g/mol. The van der Waals surface area contributed by atoms with Crippen molar-refractivity contribution in [3.8, 4) is 5.75 Å². The first-order valence-corrected chi connectivity index (χ1v) is 7.85. The summed E-state index contributed by atoms with van der Waals surface area (Å²) in [5.74, 6) is -0.0656. The van der Waals surface area contributed by atoms with E-state index in [2.05, 4.69) is 30.0 Å². The summed E-state index contributed by atoms with van der Waals surface area (Å²) in [5.41, 5.74) is 2.93. The second-order valence-electron chi connectivity index (χ2n) is 5.66. The van der Waals surface area contributed by atoms with Crippen molar-refractivity contribution in [2.24, 2.45) is 0 Å². The van der Waals surface area contributed by atoms with Crippen molar-refractivity contribution in [1.29, 1.82) is 0 Å². The molecule has 0 aliphatic heterocycles. The van der Waals surface area contributed by atoms with Crippen LogP contribution in [0.2, 0.25) is 0 Å². The van der Waals surface area contributed by atoms with Gasteiger partial charge in [-0.1, -0.05) is 23.3 Å². The Morgan fingerprint density at radius 1 is 1.08 bits per heavy atom. The third-order valence-corrected chi connectivity index (χ3v) is 3.27. The minimum atomic E-state index is -0.533. The third kappa shape index (κ3) is 7.63. The van der Waals surface area contributed by atoms with Gasteiger partial charge in [-0.25, -0.2) is 9.59 Å². The fraction of sp³-hybridized carbons (Fsp3) is 0.368. The Labute approximate surface area is 143 Å². The number of amides is 1. The zero-order chi connectivity index (χ0) is 17.9. The average Bonchev–Trinajstić information content (AvgIpc) is 2.54. The van der Waals surface area contributed by atoms with Crippen LogP contribution >= 0.6 is 0 Å². The molecule has 0 aliphatic rings. The van der Waals surface area contributed by atoms with Crippen LogP contribution in [-0.4, -0.2) is 25.7 Å². The van der Waals surface area contributed by atoms with Gasteiger partial charge in [0, 0.05) is 6.54 Å². The third-order valence-electron chi connectivity index (χ3n) is 3.27. The van der Waals surface area contributed by atoms with Gasteiger partial charge in [0.1, 0.15) is 5.75 Å². The van der Waals surface area contributed by atoms with Crippen LogP contribution in [0.1, 0.15) is 44.0 Å². The van der Waals surface area contributed by atoms with Crippen LogP contribution in [0.25, 0.3) is 0 Å². The lowest BCUT2D eigenvalue weighted by molar-refractivity contribution is 0.0600. The molecular formula is C19H25NO4. The van der Waals surface area contributed by atoms with Gasteiger partial charge >= 0.3 is 12.1 Å². The van der Waals surface area contributed by atoms with Crippen molar-refractivity contribution < 1.29 is 19.1 Å². The summed E-state index contributed by atoms with van der Waals surface area (Å²) in [4.78, 5) is 23.0. The molecule has 0 bridgehead atoms. The SMILES string of the molecule is COC(=O)c1ccc(OC(=O)NC/C=C(/C)CCC=C(C)C)cc1. The van der Waals surface area contributed by atoms with Gasteiger partial charge in [-0.05, 0) is 57.9 Å². The van der Waals surface area contributed by atoms with Gasteiger partial charge in [0.2, 0.25) is 0 Å². The van der Waals surface area contributed by atoms with E-state index in [-0.39, 0.29) is 0 Å². The fourth-order valence-electron chi connectivity index (χ4n) is 1.92. The van der Waals surface area contributed by atoms with Crippen LogP contribution in [0.4, 0.5) is 4.79 Å². The second kappa shape index (κ2) is 10.3. The van der Waals surface area contributed by atoms with Gasteiger partial charge in [-0.3, -0.25) is 0 Å². The zero-order valence-electron chi connectivity index (χ0n) is 14.7. The molecule has 0 atom stereocenters. The maximum atomic E-state index is 11.7. The van der Waals surface area contributed by atoms with Crippen LogP contribution in [0.15, 0.2) is 47.6 Å². The number of methoxy groups -OCH3 is 1. The van der Waals surface area contributed by atoms with Crippen molar-refractivity contribution in [3.05, 3.63) is 53.1 Å². The minimum Gasteiger partial charge on any atom is -0.465 e. The standard InChI is InChI=1S/C19H25NO4/c1-14(2)6-5-7-15(3)12-13-20-19(22)24-17-10-8-16(9-11-17)18(21)23-4/h6,8-12H,5,7,13H2,1-4H3,(H,20,22)/b15-12-. The molecule has 0 spiro atoms. The van der Waals surface area contributed by atoms with E-state index < -0.39 is 12.1 Å². The smallest absolute Gasteiger partial charge is 0.412 e. The summed E-state index contributed by atoms with van der Waals surface area (Å²) < 4.78 is 9.74. The van der Waals surface area contributed by atoms with Gasteiger partial charge in [0.15, 0.2) is 0 Å². The molecule has 5 heteroatoms. The highest BCUT2D eigenvalue weighted by molar-refractivity contribution is 5.89. The Balaban J connectivity index is 2.38. The summed E-state index contributed by atoms with van der Waals surface area (Å²) in [7, 11) is 1.31. The molecule has 24 heavy (non-hydrogen) atoms. The molecule has 1 amide bonds. The quantitative estimate of drug-likeness (QED) is 0.599. The lowest BCUT2D eigenvalue weighted by Gasteiger charge is -2.06. The molecule has 0 radical (unpaired) electrons. The molecule has 1 aromatic rings. The largest absolute Gasteiger partial charge is 0.465 e. The van der Waals surface area contributed by atoms with E-state index in [0.717, 1.165) is 12.8 Å². The van der Waals surface area contributed by atoms with Crippen molar-refractivity contribution in [2.75, 3.05) is 13.7 Å². The Bertz CT molecular complexity index is 611. The number of allylic oxidation sites excluding steroid dienone is 3. The van der Waals surface area contributed by atoms with Crippen LogP contribution in [-0.2, 0) is 4.74 Å². The predicted molar refractivity (Wildman–Crippen MR) is 94.2 cm³/mol. The van der Waals surface area contributed by atoms with Crippen LogP contribution in [0.3, 0.4) is 0 Å². The number of nitrogens with one attached hydrogen (secondary N) is 1. The zero-order valence-corrected chi connectivity index (χ0v) is 14.7. The first kappa shape index (κ1) is 19.5. The molecule has 5 nitrogen and oxygen atoms in total. The number of rotatable bonds is 7. The van der Waals surface area contributed by atoms with Crippen molar-refractivity contribution >= 4 is 12.1 Å². The summed E-state index contributed by atoms with van der Waals surface area (Å²) >= 11 is 0. The molecule has 1 aromatic carbocycles. The lowest BCUT2D eigenvalue weighted by Crippen LogP contribution is -2.27. The van der Waals surface area contributed by atoms with Crippen molar-refractivity contribution in [2.45, 2.75) is 33.6 Å². The summed E-state index contributed by atoms with van der Waals surface area (Å²) in [6.45, 7) is 6.61. The van der Waals surface area contributed by atoms with E-state index in [0.29, 0.717) is 17.9 Å². The Morgan fingerprint density at radius 2 is 1.75 bits per heavy atom. The van der Waals surface area contributed by atoms with E-state index in [4.69, 9.17) is 4.74 Å². The van der Waals surface area contributed by atoms with E-state index in [1.807, 2.05) is 13.0 Å². The predicted octanol–water partition coefficient (Wildman–Crippen LogP) is 4.25. The van der Waals surface area contributed by atoms with Gasteiger partial charge in [-0.15, -0.1) is 0 Å². The van der Waals surface area contributed by atoms with E-state index in [1.165, 1.54) is 18.3 Å². The second-order valence-corrected chi connectivity index (χ2v) is 5.66. The van der Waals surface area contributed by atoms with Gasteiger partial charge in [-0.2, -0.15) is 0 Å². The Hall–Kier alpha value is -2.56. The number of hydrogen-bond donors (Lipinski definition) is 1. The van der Waals surface area contributed by atoms with Crippen LogP contribution < -0.4 is 10.1 Å². The molecule has 0 saturated heterocycles. The minimum absolute atomic E-state index is 0.365. The molecule has 0 saturated carbocycles. The lowest BCUT2D eigenvalue weighted by atomic mass is 10.1. The number of carbonyl (C=O) groups is 2. The first-order chi connectivity index (χ1) is 11.4.